The summed E-state index contributed by atoms with van der Waals surface area (Å²) in [5.74, 6) is 1.05. The van der Waals surface area contributed by atoms with Crippen LogP contribution in [-0.2, 0) is 96.2 Å². The molecule has 0 unspecified atom stereocenters. The largest absolute Gasteiger partial charge is 0.508 e. The minimum atomic E-state index is -0.351. The molecule has 0 spiro atoms. The lowest BCUT2D eigenvalue weighted by atomic mass is 9.91. The Balaban J connectivity index is 0.000000123. The van der Waals surface area contributed by atoms with E-state index in [9.17, 15) is 49.1 Å². The second-order valence-corrected chi connectivity index (χ2v) is 33.5. The van der Waals surface area contributed by atoms with Gasteiger partial charge in [-0.25, -0.2) is 44.3 Å². The Bertz CT molecular complexity index is 6260. The normalized spacial score (nSPS) is 12.0. The van der Waals surface area contributed by atoms with E-state index in [4.69, 9.17) is 74.4 Å². The third-order valence-electron chi connectivity index (χ3n) is 22.7. The molecule has 656 valence electrons. The molecule has 4 aromatic heterocycles. The van der Waals surface area contributed by atoms with E-state index in [1.54, 1.807) is 146 Å². The van der Waals surface area contributed by atoms with Crippen molar-refractivity contribution >= 4 is 97.2 Å². The summed E-state index contributed by atoms with van der Waals surface area (Å²) in [5.41, 5.74) is 49.9. The molecule has 0 radical (unpaired) electrons. The molecule has 4 aliphatic carbocycles. The molecule has 16 aromatic rings. The van der Waals surface area contributed by atoms with Crippen molar-refractivity contribution in [2.75, 3.05) is 44.2 Å². The fourth-order valence-electron chi connectivity index (χ4n) is 16.2. The van der Waals surface area contributed by atoms with E-state index in [2.05, 4.69) is 37.2 Å². The van der Waals surface area contributed by atoms with Crippen LogP contribution in [0.5, 0.6) is 28.7 Å². The van der Waals surface area contributed by atoms with Crippen LogP contribution in [0.2, 0.25) is 5.02 Å². The molecule has 0 bridgehead atoms. The van der Waals surface area contributed by atoms with Crippen LogP contribution in [0.3, 0.4) is 0 Å². The van der Waals surface area contributed by atoms with Crippen molar-refractivity contribution in [1.29, 1.82) is 0 Å². The fraction of sp³-hybridized carbons (Fsp3) is 0.115. The quantitative estimate of drug-likeness (QED) is 0.0400. The molecule has 0 atom stereocenters. The average molecular weight is 1840 g/mol. The van der Waals surface area contributed by atoms with Gasteiger partial charge in [0.15, 0.2) is 23.3 Å². The second-order valence-electron chi connectivity index (χ2n) is 32.2. The summed E-state index contributed by atoms with van der Waals surface area (Å²) in [6.07, 6.45) is 6.60. The van der Waals surface area contributed by atoms with Crippen molar-refractivity contribution in [2.24, 2.45) is 0 Å². The summed E-state index contributed by atoms with van der Waals surface area (Å²) in [5, 5.41) is 60.7. The number of nitrogens with one attached hydrogen (secondary N) is 4. The van der Waals surface area contributed by atoms with Gasteiger partial charge in [0.05, 0.1) is 71.2 Å². The Morgan fingerprint density at radius 3 is 0.758 bits per heavy atom. The highest BCUT2D eigenvalue weighted by atomic mass is 79.9. The van der Waals surface area contributed by atoms with Gasteiger partial charge in [-0.1, -0.05) is 100 Å². The van der Waals surface area contributed by atoms with Crippen LogP contribution < -0.4 is 44.2 Å². The predicted molar refractivity (Wildman–Crippen MR) is 515 cm³/mol. The van der Waals surface area contributed by atoms with Crippen molar-refractivity contribution in [2.45, 2.75) is 77.0 Å². The number of nitrogens with two attached hydrogens (primary N) is 4. The molecule has 0 saturated heterocycles. The number of fused-ring (bicyclic) bond motifs is 12. The number of phenolic OH excluding ortho intramolecular Hbond substituents is 5. The molecule has 0 aliphatic heterocycles. The number of carbonyl (C=O) groups excluding carboxylic acids is 4. The molecule has 4 aliphatic rings. The number of phenols is 5. The Morgan fingerprint density at radius 2 is 0.508 bits per heavy atom. The van der Waals surface area contributed by atoms with E-state index in [1.165, 1.54) is 12.1 Å². The molecule has 20 rings (SSSR count). The Morgan fingerprint density at radius 1 is 0.288 bits per heavy atom. The second kappa shape index (κ2) is 38.7. The smallest absolute Gasteiger partial charge is 0.230 e. The molecule has 0 fully saturated rings. The number of nitrogens with zero attached hydrogens (tertiary/aromatic N) is 8. The molecular weight excluding hydrogens is 1750 g/mol. The molecule has 4 amide bonds. The number of aromatic hydroxyl groups is 5. The summed E-state index contributed by atoms with van der Waals surface area (Å²) in [7, 11) is 0. The number of carbonyl (C=O) groups is 4. The zero-order chi connectivity index (χ0) is 91.8. The van der Waals surface area contributed by atoms with E-state index in [0.717, 1.165) is 165 Å². The first-order chi connectivity index (χ1) is 63.8. The molecule has 17 N–H and O–H groups in total. The summed E-state index contributed by atoms with van der Waals surface area (Å²) in [6.45, 7) is 0. The number of benzene rings is 12. The summed E-state index contributed by atoms with van der Waals surface area (Å²) in [4.78, 5) is 90.3. The summed E-state index contributed by atoms with van der Waals surface area (Å²) in [6, 6.07) is 76.9. The number of nitrogen functional groups attached to an aromatic ring is 4. The van der Waals surface area contributed by atoms with Gasteiger partial charge in [0.2, 0.25) is 23.6 Å². The maximum absolute atomic E-state index is 13.2. The van der Waals surface area contributed by atoms with E-state index in [-0.39, 0.29) is 83.9 Å². The van der Waals surface area contributed by atoms with E-state index in [1.807, 2.05) is 109 Å². The number of aryl methyl sites for hydroxylation is 8. The molecule has 25 nitrogen and oxygen atoms in total. The average Bonchev–Trinajstić information content (AvgIpc) is 0.776. The number of rotatable bonds is 16. The van der Waals surface area contributed by atoms with Crippen molar-refractivity contribution in [1.82, 2.24) is 39.9 Å². The number of hydrogen-bond donors (Lipinski definition) is 13. The SMILES string of the molecule is Nc1ccc2c(c1)CCc1nc(NC(=O)Cc3ccc(Br)cc3)c(-c3ccc(O)cc3)nc1-2.Nc1ccc2c(c1)CCc1nc(NC(=O)Cc3ccc(Cl)cc3)c(-c3ccc(O)cc3)nc1-2.Nc1ccc2c(c1)CCc1nc(NC(=O)Cc3ccc(F)cc3)c(-c3ccc(O)cc3)nc1-2.Nc1ccc2c(c1)CCc1nc(NC(=O)Cc3ccc(O)cc3)c(-c3ccc(O)cc3)nc1-2. The van der Waals surface area contributed by atoms with Gasteiger partial charge < -0.3 is 69.7 Å². The van der Waals surface area contributed by atoms with Crippen molar-refractivity contribution in [3.8, 4) is 119 Å². The maximum atomic E-state index is 13.2. The number of halogens is 3. The fourth-order valence-corrected chi connectivity index (χ4v) is 16.5. The number of anilines is 8. The van der Waals surface area contributed by atoms with E-state index < -0.39 is 0 Å². The topological polar surface area (TPSA) is 425 Å². The van der Waals surface area contributed by atoms with Crippen LogP contribution in [-0.4, -0.2) is 89.0 Å². The summed E-state index contributed by atoms with van der Waals surface area (Å²) >= 11 is 9.36. The summed E-state index contributed by atoms with van der Waals surface area (Å²) < 4.78 is 14.1. The van der Waals surface area contributed by atoms with Gasteiger partial charge >= 0.3 is 0 Å². The third kappa shape index (κ3) is 20.8. The van der Waals surface area contributed by atoms with Gasteiger partial charge in [0.25, 0.3) is 0 Å². The highest BCUT2D eigenvalue weighted by Gasteiger charge is 2.30. The number of aromatic nitrogens is 8. The first kappa shape index (κ1) is 87.8. The minimum Gasteiger partial charge on any atom is -0.508 e. The van der Waals surface area contributed by atoms with Crippen molar-refractivity contribution in [3.63, 3.8) is 0 Å². The van der Waals surface area contributed by atoms with Gasteiger partial charge in [-0.15, -0.1) is 0 Å². The van der Waals surface area contributed by atoms with Crippen LogP contribution in [0.4, 0.5) is 50.4 Å². The highest BCUT2D eigenvalue weighted by Crippen LogP contribution is 2.43. The van der Waals surface area contributed by atoms with E-state index >= 15 is 0 Å². The van der Waals surface area contributed by atoms with Crippen LogP contribution in [0, 0.1) is 5.82 Å². The standard InChI is InChI=1S/C26H21BrN4O2.C26H21ClN4O2.C26H21FN4O2.C26H22N4O3/c3*27-18-6-1-15(2-7-18)13-23(33)30-26-24(16-3-9-20(32)10-4-16)31-25-21-11-8-19(28)14-17(21)5-12-22(25)29-26;27-18-6-11-21-17(14-18)5-12-22-25(21)30-24(16-3-9-20(32)10-4-16)26(28-22)29-23(33)13-15-1-7-19(31)8-2-15/h3*1-4,6-11,14,32H,5,12-13,28H2,(H,29,30,33);1-4,6-11,14,31-32H,5,12-13,27H2,(H,28,29,33). The lowest BCUT2D eigenvalue weighted by Gasteiger charge is -2.21. The van der Waals surface area contributed by atoms with Gasteiger partial charge in [-0.3, -0.25) is 19.2 Å². The molecule has 0 saturated carbocycles. The van der Waals surface area contributed by atoms with Gasteiger partial charge in [0.1, 0.15) is 57.3 Å². The minimum absolute atomic E-state index is 0.0795. The number of amides is 4. The van der Waals surface area contributed by atoms with Gasteiger partial charge in [-0.05, 0) is 290 Å². The molecule has 12 aromatic carbocycles. The molecular formula is C104H85BrClFN16O9. The Kier molecular flexibility index (Phi) is 25.8. The maximum Gasteiger partial charge on any atom is 0.230 e. The zero-order valence-electron chi connectivity index (χ0n) is 70.8. The van der Waals surface area contributed by atoms with Crippen molar-refractivity contribution in [3.05, 3.63) is 350 Å². The Labute approximate surface area is 770 Å². The van der Waals surface area contributed by atoms with Crippen molar-refractivity contribution < 1.29 is 49.1 Å². The monoisotopic (exact) mass is 1830 g/mol. The van der Waals surface area contributed by atoms with Crippen LogP contribution in [0.15, 0.2) is 271 Å². The first-order valence-corrected chi connectivity index (χ1v) is 43.6. The lowest BCUT2D eigenvalue weighted by Crippen LogP contribution is -2.19. The first-order valence-electron chi connectivity index (χ1n) is 42.4. The lowest BCUT2D eigenvalue weighted by molar-refractivity contribution is -0.116. The van der Waals surface area contributed by atoms with Crippen LogP contribution in [0.1, 0.15) is 67.3 Å². The third-order valence-corrected chi connectivity index (χ3v) is 23.4. The van der Waals surface area contributed by atoms with Gasteiger partial charge in [0, 0.05) is 76.8 Å². The van der Waals surface area contributed by atoms with Crippen LogP contribution >= 0.6 is 27.5 Å². The number of hydrogen-bond acceptors (Lipinski definition) is 21. The zero-order valence-corrected chi connectivity index (χ0v) is 73.1. The molecule has 28 heteroatoms. The molecule has 4 heterocycles. The highest BCUT2D eigenvalue weighted by molar-refractivity contribution is 9.10. The van der Waals surface area contributed by atoms with Crippen LogP contribution in [0.25, 0.3) is 90.1 Å². The molecule has 132 heavy (non-hydrogen) atoms. The Hall–Kier alpha value is -16.3. The van der Waals surface area contributed by atoms with Gasteiger partial charge in [-0.2, -0.15) is 0 Å². The predicted octanol–water partition coefficient (Wildman–Crippen LogP) is 18.8. The van der Waals surface area contributed by atoms with E-state index in [0.29, 0.717) is 99.3 Å².